The third kappa shape index (κ3) is 4.06. The van der Waals surface area contributed by atoms with Crippen LogP contribution in [0.15, 0.2) is 35.7 Å². The first kappa shape index (κ1) is 18.8. The van der Waals surface area contributed by atoms with Crippen LogP contribution in [0.4, 0.5) is 5.00 Å². The van der Waals surface area contributed by atoms with Crippen molar-refractivity contribution in [3.05, 3.63) is 41.3 Å². The van der Waals surface area contributed by atoms with Gasteiger partial charge in [-0.1, -0.05) is 30.3 Å². The van der Waals surface area contributed by atoms with Crippen LogP contribution in [0.5, 0.6) is 0 Å². The molecule has 0 radical (unpaired) electrons. The summed E-state index contributed by atoms with van der Waals surface area (Å²) in [6.07, 6.45) is 0.245. The minimum Gasteiger partial charge on any atom is -0.462 e. The Morgan fingerprint density at radius 1 is 1.15 bits per heavy atom. The number of rotatable bonds is 6. The van der Waals surface area contributed by atoms with Crippen molar-refractivity contribution in [3.8, 4) is 11.1 Å². The molecule has 140 valence electrons. The van der Waals surface area contributed by atoms with Crippen LogP contribution < -0.4 is 5.32 Å². The molecule has 1 aromatic carbocycles. The molecule has 3 amide bonds. The Morgan fingerprint density at radius 2 is 1.81 bits per heavy atom. The molecule has 27 heavy (non-hydrogen) atoms. The molecule has 0 saturated carbocycles. The van der Waals surface area contributed by atoms with E-state index in [1.807, 2.05) is 30.3 Å². The Labute approximate surface area is 159 Å². The lowest BCUT2D eigenvalue weighted by atomic mass is 10.0. The topological polar surface area (TPSA) is 92.8 Å². The molecular weight excluding hydrogens is 368 g/mol. The molecule has 1 aliphatic rings. The van der Waals surface area contributed by atoms with Gasteiger partial charge in [-0.25, -0.2) is 4.79 Å². The van der Waals surface area contributed by atoms with Crippen LogP contribution >= 0.6 is 11.3 Å². The Balaban J connectivity index is 1.85. The first-order valence-corrected chi connectivity index (χ1v) is 9.36. The van der Waals surface area contributed by atoms with Gasteiger partial charge in [0.15, 0.2) is 0 Å². The van der Waals surface area contributed by atoms with Gasteiger partial charge in [0.05, 0.1) is 6.61 Å². The molecule has 3 rings (SSSR count). The predicted molar refractivity (Wildman–Crippen MR) is 100 cm³/mol. The molecule has 1 N–H and O–H groups in total. The Morgan fingerprint density at radius 3 is 2.44 bits per heavy atom. The summed E-state index contributed by atoms with van der Waals surface area (Å²) in [5, 5.41) is 4.74. The van der Waals surface area contributed by atoms with Crippen LogP contribution in [0.1, 0.15) is 30.1 Å². The molecule has 1 fully saturated rings. The monoisotopic (exact) mass is 386 g/mol. The number of nitrogens with zero attached hydrogens (tertiary/aromatic N) is 1. The lowest BCUT2D eigenvalue weighted by Gasteiger charge is -2.13. The minimum absolute atomic E-state index is 0.122. The number of hydrogen-bond donors (Lipinski definition) is 1. The van der Waals surface area contributed by atoms with Gasteiger partial charge in [-0.3, -0.25) is 19.3 Å². The van der Waals surface area contributed by atoms with Gasteiger partial charge in [0.1, 0.15) is 17.1 Å². The van der Waals surface area contributed by atoms with Crippen molar-refractivity contribution < 1.29 is 23.9 Å². The van der Waals surface area contributed by atoms with E-state index in [-0.39, 0.29) is 43.4 Å². The second kappa shape index (κ2) is 8.13. The number of nitrogens with one attached hydrogen (secondary N) is 1. The zero-order chi connectivity index (χ0) is 19.4. The van der Waals surface area contributed by atoms with Crippen LogP contribution in [0.3, 0.4) is 0 Å². The number of amides is 3. The van der Waals surface area contributed by atoms with E-state index in [1.165, 1.54) is 11.3 Å². The van der Waals surface area contributed by atoms with Gasteiger partial charge < -0.3 is 10.1 Å². The van der Waals surface area contributed by atoms with Crippen LogP contribution in [0.2, 0.25) is 0 Å². The number of likely N-dealkylation sites (tertiary alicyclic amines) is 1. The van der Waals surface area contributed by atoms with Gasteiger partial charge in [-0.05, 0) is 12.5 Å². The number of thiophene rings is 1. The Kier molecular flexibility index (Phi) is 5.66. The molecule has 0 aliphatic carbocycles. The quantitative estimate of drug-likeness (QED) is 0.609. The third-order valence-electron chi connectivity index (χ3n) is 4.06. The summed E-state index contributed by atoms with van der Waals surface area (Å²) in [6, 6.07) is 9.29. The van der Waals surface area contributed by atoms with E-state index in [0.29, 0.717) is 10.6 Å². The van der Waals surface area contributed by atoms with Gasteiger partial charge in [0.25, 0.3) is 0 Å². The van der Waals surface area contributed by atoms with Crippen LogP contribution in [0.25, 0.3) is 11.1 Å². The van der Waals surface area contributed by atoms with Crippen LogP contribution in [0, 0.1) is 0 Å². The fraction of sp³-hybridized carbons (Fsp3) is 0.263. The highest BCUT2D eigenvalue weighted by molar-refractivity contribution is 7.15. The number of hydrogen-bond acceptors (Lipinski definition) is 6. The Bertz CT molecular complexity index is 875. The molecule has 0 bridgehead atoms. The normalized spacial score (nSPS) is 13.7. The summed E-state index contributed by atoms with van der Waals surface area (Å²) >= 11 is 1.19. The maximum absolute atomic E-state index is 12.5. The van der Waals surface area contributed by atoms with Crippen molar-refractivity contribution in [1.29, 1.82) is 0 Å². The molecule has 2 heterocycles. The second-order valence-corrected chi connectivity index (χ2v) is 6.74. The lowest BCUT2D eigenvalue weighted by molar-refractivity contribution is -0.141. The molecule has 0 unspecified atom stereocenters. The van der Waals surface area contributed by atoms with Crippen molar-refractivity contribution in [2.75, 3.05) is 18.5 Å². The van der Waals surface area contributed by atoms with Gasteiger partial charge in [-0.15, -0.1) is 11.3 Å². The SMILES string of the molecule is CCOC(=O)c1c(-c2ccccc2)csc1NC(=O)CN1C(=O)CCC1=O. The first-order chi connectivity index (χ1) is 13.0. The highest BCUT2D eigenvalue weighted by Gasteiger charge is 2.31. The number of benzene rings is 1. The number of imide groups is 1. The maximum Gasteiger partial charge on any atom is 0.341 e. The maximum atomic E-state index is 12.5. The molecular formula is C19H18N2O5S. The van der Waals surface area contributed by atoms with Crippen molar-refractivity contribution in [3.63, 3.8) is 0 Å². The highest BCUT2D eigenvalue weighted by Crippen LogP contribution is 2.36. The largest absolute Gasteiger partial charge is 0.462 e. The van der Waals surface area contributed by atoms with E-state index in [9.17, 15) is 19.2 Å². The fourth-order valence-corrected chi connectivity index (χ4v) is 3.77. The van der Waals surface area contributed by atoms with Crippen molar-refractivity contribution in [1.82, 2.24) is 4.90 Å². The Hall–Kier alpha value is -3.00. The second-order valence-electron chi connectivity index (χ2n) is 5.86. The smallest absolute Gasteiger partial charge is 0.341 e. The summed E-state index contributed by atoms with van der Waals surface area (Å²) in [5.41, 5.74) is 1.74. The zero-order valence-corrected chi connectivity index (χ0v) is 15.5. The summed E-state index contributed by atoms with van der Waals surface area (Å²) in [6.45, 7) is 1.54. The molecule has 1 aliphatic heterocycles. The van der Waals surface area contributed by atoms with Crippen molar-refractivity contribution in [2.24, 2.45) is 0 Å². The molecule has 1 aromatic heterocycles. The molecule has 0 spiro atoms. The molecule has 8 heteroatoms. The van der Waals surface area contributed by atoms with Gasteiger partial charge in [0, 0.05) is 23.8 Å². The third-order valence-corrected chi connectivity index (χ3v) is 4.96. The average molecular weight is 386 g/mol. The van der Waals surface area contributed by atoms with Crippen molar-refractivity contribution in [2.45, 2.75) is 19.8 Å². The molecule has 0 atom stereocenters. The predicted octanol–water partition coefficient (Wildman–Crippen LogP) is 2.68. The van der Waals surface area contributed by atoms with Crippen LogP contribution in [-0.4, -0.2) is 41.7 Å². The minimum atomic E-state index is -0.541. The van der Waals surface area contributed by atoms with Gasteiger partial charge in [-0.2, -0.15) is 0 Å². The summed E-state index contributed by atoms with van der Waals surface area (Å²) in [4.78, 5) is 49.1. The average Bonchev–Trinajstić information content (AvgIpc) is 3.21. The van der Waals surface area contributed by atoms with E-state index in [1.54, 1.807) is 12.3 Å². The van der Waals surface area contributed by atoms with E-state index in [2.05, 4.69) is 5.32 Å². The summed E-state index contributed by atoms with van der Waals surface area (Å²) in [7, 11) is 0. The fourth-order valence-electron chi connectivity index (χ4n) is 2.79. The van der Waals surface area contributed by atoms with E-state index in [4.69, 9.17) is 4.74 Å². The van der Waals surface area contributed by atoms with Crippen LogP contribution in [-0.2, 0) is 19.1 Å². The number of carbonyl (C=O) groups excluding carboxylic acids is 4. The number of anilines is 1. The lowest BCUT2D eigenvalue weighted by Crippen LogP contribution is -2.36. The van der Waals surface area contributed by atoms with Gasteiger partial charge >= 0.3 is 5.97 Å². The standard InChI is InChI=1S/C19H18N2O5S/c1-2-26-19(25)17-13(12-6-4-3-5-7-12)11-27-18(17)20-14(22)10-21-15(23)8-9-16(21)24/h3-7,11H,2,8-10H2,1H3,(H,20,22). The summed E-state index contributed by atoms with van der Waals surface area (Å²) < 4.78 is 5.14. The number of esters is 1. The molecule has 7 nitrogen and oxygen atoms in total. The zero-order valence-electron chi connectivity index (χ0n) is 14.7. The van der Waals surface area contributed by atoms with Crippen molar-refractivity contribution >= 4 is 40.0 Å². The molecule has 1 saturated heterocycles. The van der Waals surface area contributed by atoms with E-state index < -0.39 is 11.9 Å². The number of ether oxygens (including phenoxy) is 1. The van der Waals surface area contributed by atoms with E-state index in [0.717, 1.165) is 10.5 Å². The summed E-state index contributed by atoms with van der Waals surface area (Å²) in [5.74, 6) is -1.80. The van der Waals surface area contributed by atoms with Gasteiger partial charge in [0.2, 0.25) is 17.7 Å². The molecule has 2 aromatic rings. The number of carbonyl (C=O) groups is 4. The first-order valence-electron chi connectivity index (χ1n) is 8.48. The highest BCUT2D eigenvalue weighted by atomic mass is 32.1. The van der Waals surface area contributed by atoms with E-state index >= 15 is 0 Å².